The maximum atomic E-state index is 9.17. The zero-order valence-corrected chi connectivity index (χ0v) is 10.8. The number of ether oxygens (including phenoxy) is 2. The van der Waals surface area contributed by atoms with Crippen LogP contribution in [-0.4, -0.2) is 38.8 Å². The molecule has 1 fully saturated rings. The lowest BCUT2D eigenvalue weighted by atomic mass is 9.87. The highest BCUT2D eigenvalue weighted by Gasteiger charge is 2.39. The lowest BCUT2D eigenvalue weighted by Gasteiger charge is -2.38. The molecule has 1 aliphatic rings. The Kier molecular flexibility index (Phi) is 3.85. The van der Waals surface area contributed by atoms with E-state index in [1.807, 2.05) is 31.3 Å². The number of hydrogen-bond acceptors (Lipinski definition) is 4. The first-order valence-electron chi connectivity index (χ1n) is 5.98. The van der Waals surface area contributed by atoms with Crippen molar-refractivity contribution in [3.8, 4) is 11.8 Å². The SMILES string of the molecule is COc1ccccc1CN(C)CC1(C#N)COC1. The Morgan fingerprint density at radius 2 is 2.17 bits per heavy atom. The van der Waals surface area contributed by atoms with Crippen molar-refractivity contribution in [1.29, 1.82) is 5.26 Å². The maximum absolute atomic E-state index is 9.17. The Labute approximate surface area is 108 Å². The van der Waals surface area contributed by atoms with Gasteiger partial charge in [-0.2, -0.15) is 5.26 Å². The molecule has 0 atom stereocenters. The zero-order chi connectivity index (χ0) is 13.0. The molecule has 4 nitrogen and oxygen atoms in total. The van der Waals surface area contributed by atoms with Gasteiger partial charge in [0.25, 0.3) is 0 Å². The van der Waals surface area contributed by atoms with Crippen LogP contribution in [0.3, 0.4) is 0 Å². The lowest BCUT2D eigenvalue weighted by Crippen LogP contribution is -2.48. The van der Waals surface area contributed by atoms with Gasteiger partial charge in [0.2, 0.25) is 0 Å². The summed E-state index contributed by atoms with van der Waals surface area (Å²) in [7, 11) is 3.69. The van der Waals surface area contributed by atoms with Crippen molar-refractivity contribution in [2.24, 2.45) is 5.41 Å². The standard InChI is InChI=1S/C14H18N2O2/c1-16(9-14(8-15)10-18-11-14)7-12-5-3-4-6-13(12)17-2/h3-6H,7,9-11H2,1-2H3. The zero-order valence-electron chi connectivity index (χ0n) is 10.8. The minimum absolute atomic E-state index is 0.323. The van der Waals surface area contributed by atoms with Gasteiger partial charge in [-0.05, 0) is 13.1 Å². The van der Waals surface area contributed by atoms with Crippen LogP contribution in [0.5, 0.6) is 5.75 Å². The van der Waals surface area contributed by atoms with Gasteiger partial charge in [-0.25, -0.2) is 0 Å². The summed E-state index contributed by atoms with van der Waals surface area (Å²) >= 11 is 0. The first-order valence-corrected chi connectivity index (χ1v) is 5.98. The topological polar surface area (TPSA) is 45.5 Å². The molecule has 4 heteroatoms. The number of nitrogens with zero attached hydrogens (tertiary/aromatic N) is 2. The third kappa shape index (κ3) is 2.63. The fourth-order valence-electron chi connectivity index (χ4n) is 2.24. The van der Waals surface area contributed by atoms with Gasteiger partial charge in [0.15, 0.2) is 0 Å². The number of methoxy groups -OCH3 is 1. The molecule has 0 saturated carbocycles. The average Bonchev–Trinajstić information content (AvgIpc) is 2.34. The molecule has 1 saturated heterocycles. The van der Waals surface area contributed by atoms with E-state index in [9.17, 15) is 5.26 Å². The summed E-state index contributed by atoms with van der Waals surface area (Å²) in [6.07, 6.45) is 0. The Balaban J connectivity index is 1.99. The highest BCUT2D eigenvalue weighted by Crippen LogP contribution is 2.28. The summed E-state index contributed by atoms with van der Waals surface area (Å²) in [4.78, 5) is 2.14. The van der Waals surface area contributed by atoms with Gasteiger partial charge in [-0.15, -0.1) is 0 Å². The van der Waals surface area contributed by atoms with E-state index >= 15 is 0 Å². The van der Waals surface area contributed by atoms with Crippen LogP contribution in [0.1, 0.15) is 5.56 Å². The molecule has 1 aliphatic heterocycles. The van der Waals surface area contributed by atoms with Crippen LogP contribution in [0.2, 0.25) is 0 Å². The molecular formula is C14H18N2O2. The van der Waals surface area contributed by atoms with Gasteiger partial charge in [0, 0.05) is 18.7 Å². The minimum Gasteiger partial charge on any atom is -0.496 e. The van der Waals surface area contributed by atoms with Crippen molar-refractivity contribution in [3.63, 3.8) is 0 Å². The van der Waals surface area contributed by atoms with E-state index in [4.69, 9.17) is 9.47 Å². The number of rotatable bonds is 5. The molecular weight excluding hydrogens is 228 g/mol. The van der Waals surface area contributed by atoms with Crippen molar-refractivity contribution in [2.75, 3.05) is 33.9 Å². The van der Waals surface area contributed by atoms with Gasteiger partial charge >= 0.3 is 0 Å². The third-order valence-electron chi connectivity index (χ3n) is 3.20. The van der Waals surface area contributed by atoms with E-state index in [-0.39, 0.29) is 5.41 Å². The smallest absolute Gasteiger partial charge is 0.123 e. The number of benzene rings is 1. The van der Waals surface area contributed by atoms with Crippen molar-refractivity contribution in [1.82, 2.24) is 4.90 Å². The van der Waals surface area contributed by atoms with Crippen LogP contribution >= 0.6 is 0 Å². The molecule has 96 valence electrons. The lowest BCUT2D eigenvalue weighted by molar-refractivity contribution is -0.0895. The second-order valence-electron chi connectivity index (χ2n) is 4.87. The van der Waals surface area contributed by atoms with E-state index in [0.717, 1.165) is 24.4 Å². The number of para-hydroxylation sites is 1. The summed E-state index contributed by atoms with van der Waals surface area (Å²) in [5, 5.41) is 9.17. The van der Waals surface area contributed by atoms with Gasteiger partial charge < -0.3 is 14.4 Å². The van der Waals surface area contributed by atoms with Gasteiger partial charge in [-0.3, -0.25) is 0 Å². The molecule has 0 amide bonds. The van der Waals surface area contributed by atoms with Crippen molar-refractivity contribution < 1.29 is 9.47 Å². The Morgan fingerprint density at radius 1 is 1.44 bits per heavy atom. The largest absolute Gasteiger partial charge is 0.496 e. The molecule has 0 unspecified atom stereocenters. The molecule has 0 aliphatic carbocycles. The van der Waals surface area contributed by atoms with E-state index in [1.54, 1.807) is 7.11 Å². The Morgan fingerprint density at radius 3 is 2.72 bits per heavy atom. The molecule has 0 radical (unpaired) electrons. The van der Waals surface area contributed by atoms with Crippen LogP contribution in [0.25, 0.3) is 0 Å². The summed E-state index contributed by atoms with van der Waals surface area (Å²) in [5.41, 5.74) is 0.812. The monoisotopic (exact) mass is 246 g/mol. The second-order valence-corrected chi connectivity index (χ2v) is 4.87. The molecule has 0 aromatic heterocycles. The molecule has 2 rings (SSSR count). The van der Waals surface area contributed by atoms with Crippen molar-refractivity contribution >= 4 is 0 Å². The third-order valence-corrected chi connectivity index (χ3v) is 3.20. The normalized spacial score (nSPS) is 17.0. The van der Waals surface area contributed by atoms with Crippen LogP contribution in [0.15, 0.2) is 24.3 Å². The van der Waals surface area contributed by atoms with Crippen molar-refractivity contribution in [3.05, 3.63) is 29.8 Å². The van der Waals surface area contributed by atoms with E-state index < -0.39 is 0 Å². The molecule has 1 heterocycles. The minimum atomic E-state index is -0.323. The number of nitriles is 1. The van der Waals surface area contributed by atoms with Crippen LogP contribution in [-0.2, 0) is 11.3 Å². The van der Waals surface area contributed by atoms with Crippen LogP contribution in [0.4, 0.5) is 0 Å². The average molecular weight is 246 g/mol. The second kappa shape index (κ2) is 5.38. The van der Waals surface area contributed by atoms with E-state index in [2.05, 4.69) is 11.0 Å². The summed E-state index contributed by atoms with van der Waals surface area (Å²) in [6, 6.07) is 10.3. The molecule has 1 aromatic rings. The Hall–Kier alpha value is -1.57. The molecule has 0 N–H and O–H groups in total. The summed E-state index contributed by atoms with van der Waals surface area (Å²) in [6.45, 7) is 2.58. The molecule has 18 heavy (non-hydrogen) atoms. The highest BCUT2D eigenvalue weighted by atomic mass is 16.5. The highest BCUT2D eigenvalue weighted by molar-refractivity contribution is 5.33. The van der Waals surface area contributed by atoms with Crippen LogP contribution in [0, 0.1) is 16.7 Å². The molecule has 1 aromatic carbocycles. The maximum Gasteiger partial charge on any atom is 0.123 e. The van der Waals surface area contributed by atoms with Gasteiger partial charge in [0.05, 0.1) is 26.4 Å². The summed E-state index contributed by atoms with van der Waals surface area (Å²) in [5.74, 6) is 0.889. The quantitative estimate of drug-likeness (QED) is 0.792. The Bertz CT molecular complexity index is 449. The molecule has 0 spiro atoms. The first kappa shape index (κ1) is 12.9. The fraction of sp³-hybridized carbons (Fsp3) is 0.500. The summed E-state index contributed by atoms with van der Waals surface area (Å²) < 4.78 is 10.5. The van der Waals surface area contributed by atoms with E-state index in [1.165, 1.54) is 0 Å². The van der Waals surface area contributed by atoms with E-state index in [0.29, 0.717) is 13.2 Å². The fourth-order valence-corrected chi connectivity index (χ4v) is 2.24. The number of hydrogen-bond donors (Lipinski definition) is 0. The van der Waals surface area contributed by atoms with Crippen LogP contribution < -0.4 is 4.74 Å². The van der Waals surface area contributed by atoms with Gasteiger partial charge in [0.1, 0.15) is 11.2 Å². The van der Waals surface area contributed by atoms with Crippen molar-refractivity contribution in [2.45, 2.75) is 6.54 Å². The van der Waals surface area contributed by atoms with Gasteiger partial charge in [-0.1, -0.05) is 18.2 Å². The molecule has 0 bridgehead atoms. The predicted molar refractivity (Wildman–Crippen MR) is 68.2 cm³/mol. The predicted octanol–water partition coefficient (Wildman–Crippen LogP) is 1.67. The first-order chi connectivity index (χ1) is 8.69.